The highest BCUT2D eigenvalue weighted by molar-refractivity contribution is 5.88. The van der Waals surface area contributed by atoms with Gasteiger partial charge in [0.05, 0.1) is 23.8 Å². The Morgan fingerprint density at radius 1 is 1.11 bits per heavy atom. The summed E-state index contributed by atoms with van der Waals surface area (Å²) in [6.07, 6.45) is 4.59. The number of aryl methyl sites for hydroxylation is 1. The first-order valence-electron chi connectivity index (χ1n) is 12.6. The van der Waals surface area contributed by atoms with E-state index in [-0.39, 0.29) is 17.5 Å². The Hall–Kier alpha value is -3.84. The molecule has 2 aromatic heterocycles. The smallest absolute Gasteiger partial charge is 0.258 e. The monoisotopic (exact) mass is 482 g/mol. The summed E-state index contributed by atoms with van der Waals surface area (Å²) in [5.74, 6) is 0.766. The SMILES string of the molecule is Cn1c2c(c3ccc(-n4ccc(OCc5ccccc5)cc4=O)cc31)CCN(C(=O)C1CCCN1)C2. The van der Waals surface area contributed by atoms with Crippen molar-refractivity contribution in [2.45, 2.75) is 38.5 Å². The lowest BCUT2D eigenvalue weighted by Crippen LogP contribution is -2.45. The number of carbonyl (C=O) groups excluding carboxylic acids is 1. The fourth-order valence-electron chi connectivity index (χ4n) is 5.50. The predicted octanol–water partition coefficient (Wildman–Crippen LogP) is 3.54. The number of rotatable bonds is 5. The number of nitrogens with zero attached hydrogens (tertiary/aromatic N) is 3. The van der Waals surface area contributed by atoms with Crippen molar-refractivity contribution in [1.82, 2.24) is 19.4 Å². The van der Waals surface area contributed by atoms with Gasteiger partial charge >= 0.3 is 0 Å². The number of fused-ring (bicyclic) bond motifs is 3. The molecule has 184 valence electrons. The van der Waals surface area contributed by atoms with E-state index < -0.39 is 0 Å². The molecule has 7 heteroatoms. The van der Waals surface area contributed by atoms with Crippen molar-refractivity contribution >= 4 is 16.8 Å². The average Bonchev–Trinajstić information content (AvgIpc) is 3.55. The van der Waals surface area contributed by atoms with Crippen LogP contribution in [0.2, 0.25) is 0 Å². The van der Waals surface area contributed by atoms with Crippen LogP contribution in [0.25, 0.3) is 16.6 Å². The largest absolute Gasteiger partial charge is 0.489 e. The van der Waals surface area contributed by atoms with E-state index in [9.17, 15) is 9.59 Å². The second-order valence-electron chi connectivity index (χ2n) is 9.69. The van der Waals surface area contributed by atoms with Gasteiger partial charge in [0.2, 0.25) is 5.91 Å². The van der Waals surface area contributed by atoms with Gasteiger partial charge in [-0.25, -0.2) is 0 Å². The molecule has 7 nitrogen and oxygen atoms in total. The molecule has 0 saturated carbocycles. The first-order valence-corrected chi connectivity index (χ1v) is 12.6. The molecule has 0 spiro atoms. The minimum Gasteiger partial charge on any atom is -0.489 e. The van der Waals surface area contributed by atoms with Crippen molar-refractivity contribution in [3.63, 3.8) is 0 Å². The molecule has 4 aromatic rings. The highest BCUT2D eigenvalue weighted by Gasteiger charge is 2.31. The summed E-state index contributed by atoms with van der Waals surface area (Å²) < 4.78 is 9.64. The quantitative estimate of drug-likeness (QED) is 0.473. The average molecular weight is 483 g/mol. The molecule has 0 radical (unpaired) electrons. The van der Waals surface area contributed by atoms with Gasteiger partial charge in [-0.1, -0.05) is 36.4 Å². The van der Waals surface area contributed by atoms with E-state index in [1.54, 1.807) is 10.8 Å². The lowest BCUT2D eigenvalue weighted by molar-refractivity contribution is -0.134. The topological polar surface area (TPSA) is 68.5 Å². The zero-order valence-corrected chi connectivity index (χ0v) is 20.4. The van der Waals surface area contributed by atoms with Gasteiger partial charge in [-0.05, 0) is 55.1 Å². The molecule has 4 heterocycles. The van der Waals surface area contributed by atoms with E-state index in [0.717, 1.165) is 49.1 Å². The summed E-state index contributed by atoms with van der Waals surface area (Å²) in [6.45, 7) is 2.71. The van der Waals surface area contributed by atoms with Crippen LogP contribution in [0, 0.1) is 0 Å². The Morgan fingerprint density at radius 2 is 1.97 bits per heavy atom. The highest BCUT2D eigenvalue weighted by atomic mass is 16.5. The van der Waals surface area contributed by atoms with Gasteiger partial charge in [0.25, 0.3) is 5.56 Å². The second kappa shape index (κ2) is 9.32. The number of amides is 1. The van der Waals surface area contributed by atoms with E-state index in [1.807, 2.05) is 47.4 Å². The molecule has 6 rings (SSSR count). The van der Waals surface area contributed by atoms with Crippen LogP contribution in [0.4, 0.5) is 0 Å². The minimum absolute atomic E-state index is 0.0423. The number of hydrogen-bond acceptors (Lipinski definition) is 4. The number of nitrogens with one attached hydrogen (secondary N) is 1. The van der Waals surface area contributed by atoms with Crippen LogP contribution in [0.5, 0.6) is 5.75 Å². The molecule has 1 unspecified atom stereocenters. The zero-order valence-electron chi connectivity index (χ0n) is 20.4. The standard InChI is InChI=1S/C29H30N4O3/c1-31-26-16-21(33-15-11-22(17-28(33)34)36-19-20-6-3-2-4-7-20)9-10-23(26)24-12-14-32(18-27(24)31)29(35)25-8-5-13-30-25/h2-4,6-7,9-11,15-17,25,30H,5,8,12-14,18-19H2,1H3. The molecule has 1 saturated heterocycles. The van der Waals surface area contributed by atoms with Gasteiger partial charge in [0, 0.05) is 36.9 Å². The molecule has 36 heavy (non-hydrogen) atoms. The third-order valence-corrected chi connectivity index (χ3v) is 7.48. The molecule has 1 N–H and O–H groups in total. The van der Waals surface area contributed by atoms with Crippen molar-refractivity contribution in [1.29, 1.82) is 0 Å². The van der Waals surface area contributed by atoms with Crippen LogP contribution in [0.1, 0.15) is 29.7 Å². The number of carbonyl (C=O) groups is 1. The van der Waals surface area contributed by atoms with Crippen molar-refractivity contribution in [2.75, 3.05) is 13.1 Å². The van der Waals surface area contributed by atoms with Gasteiger partial charge in [-0.3, -0.25) is 14.2 Å². The fourth-order valence-corrected chi connectivity index (χ4v) is 5.50. The number of benzene rings is 2. The number of ether oxygens (including phenoxy) is 1. The summed E-state index contributed by atoms with van der Waals surface area (Å²) in [4.78, 5) is 27.9. The van der Waals surface area contributed by atoms with Crippen LogP contribution in [-0.2, 0) is 31.4 Å². The van der Waals surface area contributed by atoms with Crippen LogP contribution in [0.3, 0.4) is 0 Å². The fraction of sp³-hybridized carbons (Fsp3) is 0.310. The van der Waals surface area contributed by atoms with Gasteiger partial charge in [-0.15, -0.1) is 0 Å². The summed E-state index contributed by atoms with van der Waals surface area (Å²) in [5, 5.41) is 4.52. The maximum absolute atomic E-state index is 13.0. The second-order valence-corrected chi connectivity index (χ2v) is 9.69. The van der Waals surface area contributed by atoms with E-state index in [4.69, 9.17) is 4.74 Å². The van der Waals surface area contributed by atoms with Crippen LogP contribution < -0.4 is 15.6 Å². The molecule has 2 aromatic carbocycles. The molecule has 2 aliphatic heterocycles. The van der Waals surface area contributed by atoms with Crippen molar-refractivity contribution in [3.8, 4) is 11.4 Å². The third-order valence-electron chi connectivity index (χ3n) is 7.48. The number of pyridine rings is 1. The maximum atomic E-state index is 13.0. The van der Waals surface area contributed by atoms with Crippen LogP contribution >= 0.6 is 0 Å². The normalized spacial score (nSPS) is 17.4. The molecule has 1 fully saturated rings. The van der Waals surface area contributed by atoms with Gasteiger partial charge in [-0.2, -0.15) is 0 Å². The molecule has 0 bridgehead atoms. The lowest BCUT2D eigenvalue weighted by atomic mass is 10.0. The van der Waals surface area contributed by atoms with Gasteiger partial charge < -0.3 is 19.5 Å². The Labute approximate surface area is 209 Å². The zero-order chi connectivity index (χ0) is 24.6. The first-order chi connectivity index (χ1) is 17.6. The van der Waals surface area contributed by atoms with E-state index in [0.29, 0.717) is 18.9 Å². The molecule has 2 aliphatic rings. The molecule has 0 aliphatic carbocycles. The van der Waals surface area contributed by atoms with Gasteiger partial charge in [0.15, 0.2) is 0 Å². The first kappa shape index (κ1) is 22.6. The lowest BCUT2D eigenvalue weighted by Gasteiger charge is -2.30. The minimum atomic E-state index is -0.139. The van der Waals surface area contributed by atoms with E-state index in [1.165, 1.54) is 22.7 Å². The molecule has 1 amide bonds. The molecule has 1 atom stereocenters. The highest BCUT2D eigenvalue weighted by Crippen LogP contribution is 2.32. The van der Waals surface area contributed by atoms with E-state index >= 15 is 0 Å². The number of hydrogen-bond donors (Lipinski definition) is 1. The van der Waals surface area contributed by atoms with E-state index in [2.05, 4.69) is 29.1 Å². The maximum Gasteiger partial charge on any atom is 0.258 e. The van der Waals surface area contributed by atoms with Crippen LogP contribution in [-0.4, -0.2) is 39.1 Å². The summed E-state index contributed by atoms with van der Waals surface area (Å²) in [6, 6.07) is 19.4. The van der Waals surface area contributed by atoms with Crippen molar-refractivity contribution in [2.24, 2.45) is 7.05 Å². The molecular weight excluding hydrogens is 452 g/mol. The number of aromatic nitrogens is 2. The Morgan fingerprint density at radius 3 is 2.75 bits per heavy atom. The van der Waals surface area contributed by atoms with Crippen molar-refractivity contribution in [3.05, 3.63) is 94.0 Å². The molecular formula is C29H30N4O3. The summed E-state index contributed by atoms with van der Waals surface area (Å²) >= 11 is 0. The van der Waals surface area contributed by atoms with Crippen molar-refractivity contribution < 1.29 is 9.53 Å². The Bertz CT molecular complexity index is 1480. The Balaban J connectivity index is 1.25. The summed E-state index contributed by atoms with van der Waals surface area (Å²) in [5.41, 5.74) is 5.28. The third kappa shape index (κ3) is 4.09. The van der Waals surface area contributed by atoms with Crippen LogP contribution in [0.15, 0.2) is 71.7 Å². The Kier molecular flexibility index (Phi) is 5.85. The van der Waals surface area contributed by atoms with Gasteiger partial charge in [0.1, 0.15) is 12.4 Å². The predicted molar refractivity (Wildman–Crippen MR) is 139 cm³/mol. The summed E-state index contributed by atoms with van der Waals surface area (Å²) in [7, 11) is 2.05.